The monoisotopic (exact) mass is 969 g/mol. The summed E-state index contributed by atoms with van der Waals surface area (Å²) in [5.41, 5.74) is 0. The van der Waals surface area contributed by atoms with Gasteiger partial charge in [0.2, 0.25) is 0 Å². The van der Waals surface area contributed by atoms with Crippen molar-refractivity contribution in [1.82, 2.24) is 0 Å². The third-order valence-electron chi connectivity index (χ3n) is 11.8. The Bertz CT molecular complexity index is 1490. The smallest absolute Gasteiger partial charge is 0.306 e. The maximum atomic E-state index is 12.8. The molecule has 1 unspecified atom stereocenters. The van der Waals surface area contributed by atoms with Crippen LogP contribution in [0.3, 0.4) is 0 Å². The molecule has 0 spiro atoms. The first-order valence-electron chi connectivity index (χ1n) is 28.6. The van der Waals surface area contributed by atoms with Crippen LogP contribution in [0.25, 0.3) is 0 Å². The molecule has 0 fully saturated rings. The maximum absolute atomic E-state index is 12.8. The van der Waals surface area contributed by atoms with Crippen LogP contribution in [0.5, 0.6) is 0 Å². The Kier molecular flexibility index (Phi) is 54.0. The van der Waals surface area contributed by atoms with E-state index < -0.39 is 6.10 Å². The van der Waals surface area contributed by atoms with Crippen molar-refractivity contribution in [2.45, 2.75) is 252 Å². The van der Waals surface area contributed by atoms with Gasteiger partial charge in [-0.1, -0.05) is 239 Å². The molecule has 396 valence electrons. The van der Waals surface area contributed by atoms with Gasteiger partial charge in [-0.3, -0.25) is 14.4 Å². The van der Waals surface area contributed by atoms with Crippen molar-refractivity contribution in [3.05, 3.63) is 122 Å². The standard InChI is InChI=1S/C64H104O6/c1-4-7-10-13-16-19-22-25-28-31-34-36-39-42-45-48-51-54-57-63(66)69-60-61(70-64(67)58-55-52-49-46-43-40-37-33-30-27-24-21-18-15-12-9-6-3)59-68-62(65)56-53-50-47-44-41-38-35-32-29-26-23-20-17-14-11-8-5-2/h9,12,16,18-19,21-22,25-31,34,36-37,40,46,49,61H,4-8,10-11,13-15,17,20,23-24,32-33,35,38-39,41-45,47-48,50-60H2,1-3H3/b12-9-,19-16-,21-18-,25-22-,29-26-,30-27-,31-28-,36-34-,40-37-,49-46-. The van der Waals surface area contributed by atoms with E-state index in [-0.39, 0.29) is 37.5 Å². The van der Waals surface area contributed by atoms with Gasteiger partial charge in [-0.2, -0.15) is 0 Å². The lowest BCUT2D eigenvalue weighted by Crippen LogP contribution is -2.30. The van der Waals surface area contributed by atoms with Crippen LogP contribution in [-0.2, 0) is 28.6 Å². The van der Waals surface area contributed by atoms with Gasteiger partial charge >= 0.3 is 17.9 Å². The predicted octanol–water partition coefficient (Wildman–Crippen LogP) is 19.3. The van der Waals surface area contributed by atoms with E-state index in [9.17, 15) is 14.4 Å². The van der Waals surface area contributed by atoms with Crippen molar-refractivity contribution in [2.75, 3.05) is 13.2 Å². The minimum atomic E-state index is -0.824. The number of carbonyl (C=O) groups excluding carboxylic acids is 3. The van der Waals surface area contributed by atoms with Gasteiger partial charge in [0.1, 0.15) is 13.2 Å². The van der Waals surface area contributed by atoms with Crippen LogP contribution >= 0.6 is 0 Å². The van der Waals surface area contributed by atoms with Crippen LogP contribution in [0.15, 0.2) is 122 Å². The third-order valence-corrected chi connectivity index (χ3v) is 11.8. The summed E-state index contributed by atoms with van der Waals surface area (Å²) in [4.78, 5) is 38.2. The van der Waals surface area contributed by atoms with E-state index in [0.717, 1.165) is 103 Å². The van der Waals surface area contributed by atoms with Gasteiger partial charge in [-0.15, -0.1) is 0 Å². The van der Waals surface area contributed by atoms with Crippen molar-refractivity contribution in [1.29, 1.82) is 0 Å². The summed E-state index contributed by atoms with van der Waals surface area (Å²) < 4.78 is 16.8. The molecule has 6 heteroatoms. The molecule has 0 aromatic carbocycles. The lowest BCUT2D eigenvalue weighted by Gasteiger charge is -2.18. The highest BCUT2D eigenvalue weighted by atomic mass is 16.6. The van der Waals surface area contributed by atoms with Gasteiger partial charge < -0.3 is 14.2 Å². The van der Waals surface area contributed by atoms with E-state index >= 15 is 0 Å². The number of unbranched alkanes of at least 4 members (excludes halogenated alkanes) is 22. The molecular weight excluding hydrogens is 865 g/mol. The van der Waals surface area contributed by atoms with Crippen LogP contribution in [-0.4, -0.2) is 37.2 Å². The summed E-state index contributed by atoms with van der Waals surface area (Å²) in [7, 11) is 0. The second-order valence-electron chi connectivity index (χ2n) is 18.5. The Labute approximate surface area is 431 Å². The number of hydrogen-bond donors (Lipinski definition) is 0. The Morgan fingerprint density at radius 1 is 0.314 bits per heavy atom. The highest BCUT2D eigenvalue weighted by Crippen LogP contribution is 2.14. The average molecular weight is 970 g/mol. The predicted molar refractivity (Wildman–Crippen MR) is 302 cm³/mol. The van der Waals surface area contributed by atoms with E-state index in [4.69, 9.17) is 14.2 Å². The van der Waals surface area contributed by atoms with Crippen LogP contribution in [0.1, 0.15) is 245 Å². The molecular formula is C64H104O6. The van der Waals surface area contributed by atoms with Gasteiger partial charge in [0, 0.05) is 19.3 Å². The second kappa shape index (κ2) is 57.4. The van der Waals surface area contributed by atoms with Crippen molar-refractivity contribution < 1.29 is 28.6 Å². The Balaban J connectivity index is 4.55. The summed E-state index contributed by atoms with van der Waals surface area (Å²) in [6, 6.07) is 0. The molecule has 0 amide bonds. The zero-order valence-corrected chi connectivity index (χ0v) is 45.2. The normalized spacial score (nSPS) is 13.0. The fraction of sp³-hybridized carbons (Fsp3) is 0.641. The van der Waals surface area contributed by atoms with Gasteiger partial charge in [-0.25, -0.2) is 0 Å². The van der Waals surface area contributed by atoms with Crippen molar-refractivity contribution in [2.24, 2.45) is 0 Å². The molecule has 0 radical (unpaired) electrons. The zero-order valence-electron chi connectivity index (χ0n) is 45.2. The van der Waals surface area contributed by atoms with E-state index in [1.54, 1.807) is 0 Å². The SMILES string of the molecule is CC/C=C\C/C=C\C/C=C\C/C=C\C/C=C\CCCC(=O)OC(COC(=O)CCCCCCC\C=C/C=C\C=C/C=C\CCCCC)COC(=O)CCCCCCCCC/C=C\CCCCCCCC. The quantitative estimate of drug-likeness (QED) is 0.0199. The van der Waals surface area contributed by atoms with E-state index in [0.29, 0.717) is 19.3 Å². The van der Waals surface area contributed by atoms with Crippen LogP contribution < -0.4 is 0 Å². The van der Waals surface area contributed by atoms with E-state index in [1.807, 2.05) is 0 Å². The number of rotatable bonds is 50. The van der Waals surface area contributed by atoms with Gasteiger partial charge in [0.25, 0.3) is 0 Å². The minimum Gasteiger partial charge on any atom is -0.462 e. The largest absolute Gasteiger partial charge is 0.462 e. The van der Waals surface area contributed by atoms with E-state index in [1.165, 1.54) is 96.3 Å². The van der Waals surface area contributed by atoms with Crippen molar-refractivity contribution in [3.8, 4) is 0 Å². The molecule has 0 saturated carbocycles. The number of hydrogen-bond acceptors (Lipinski definition) is 6. The molecule has 0 aromatic rings. The van der Waals surface area contributed by atoms with Gasteiger partial charge in [-0.05, 0) is 109 Å². The summed E-state index contributed by atoms with van der Waals surface area (Å²) in [6.07, 6.45) is 79.0. The molecule has 0 N–H and O–H groups in total. The molecule has 0 aliphatic rings. The van der Waals surface area contributed by atoms with Crippen LogP contribution in [0, 0.1) is 0 Å². The molecule has 1 atom stereocenters. The zero-order chi connectivity index (χ0) is 50.7. The van der Waals surface area contributed by atoms with Gasteiger partial charge in [0.15, 0.2) is 6.10 Å². The highest BCUT2D eigenvalue weighted by molar-refractivity contribution is 5.71. The number of esters is 3. The molecule has 6 nitrogen and oxygen atoms in total. The van der Waals surface area contributed by atoms with Crippen molar-refractivity contribution >= 4 is 17.9 Å². The maximum Gasteiger partial charge on any atom is 0.306 e. The summed E-state index contributed by atoms with van der Waals surface area (Å²) in [6.45, 7) is 6.41. The summed E-state index contributed by atoms with van der Waals surface area (Å²) >= 11 is 0. The van der Waals surface area contributed by atoms with Crippen molar-refractivity contribution in [3.63, 3.8) is 0 Å². The van der Waals surface area contributed by atoms with Gasteiger partial charge in [0.05, 0.1) is 0 Å². The third kappa shape index (κ3) is 54.7. The minimum absolute atomic E-state index is 0.114. The summed E-state index contributed by atoms with van der Waals surface area (Å²) in [5, 5.41) is 0. The second-order valence-corrected chi connectivity index (χ2v) is 18.5. The first kappa shape index (κ1) is 65.8. The Morgan fingerprint density at radius 2 is 0.629 bits per heavy atom. The van der Waals surface area contributed by atoms with E-state index in [2.05, 4.69) is 142 Å². The molecule has 0 aliphatic heterocycles. The first-order valence-corrected chi connectivity index (χ1v) is 28.6. The lowest BCUT2D eigenvalue weighted by atomic mass is 10.1. The first-order chi connectivity index (χ1) is 34.5. The topological polar surface area (TPSA) is 78.9 Å². The fourth-order valence-electron chi connectivity index (χ4n) is 7.48. The Morgan fingerprint density at radius 3 is 1.09 bits per heavy atom. The van der Waals surface area contributed by atoms with Crippen LogP contribution in [0.4, 0.5) is 0 Å². The molecule has 0 aromatic heterocycles. The van der Waals surface area contributed by atoms with Crippen LogP contribution in [0.2, 0.25) is 0 Å². The molecule has 0 rings (SSSR count). The molecule has 70 heavy (non-hydrogen) atoms. The fourth-order valence-corrected chi connectivity index (χ4v) is 7.48. The number of carbonyl (C=O) groups is 3. The summed E-state index contributed by atoms with van der Waals surface area (Å²) in [5.74, 6) is -1.00. The molecule has 0 aliphatic carbocycles. The Hall–Kier alpha value is -4.19. The average Bonchev–Trinajstić information content (AvgIpc) is 3.36. The number of allylic oxidation sites excluding steroid dienone is 20. The number of ether oxygens (including phenoxy) is 3. The molecule has 0 saturated heterocycles. The molecule has 0 heterocycles. The highest BCUT2D eigenvalue weighted by Gasteiger charge is 2.19. The molecule has 0 bridgehead atoms. The lowest BCUT2D eigenvalue weighted by molar-refractivity contribution is -0.167.